The maximum absolute atomic E-state index is 4.94. The van der Waals surface area contributed by atoms with E-state index >= 15 is 0 Å². The number of rotatable bonds is 5. The van der Waals surface area contributed by atoms with Crippen molar-refractivity contribution in [3.63, 3.8) is 0 Å². The molecule has 50 heavy (non-hydrogen) atoms. The van der Waals surface area contributed by atoms with Crippen LogP contribution in [-0.4, -0.2) is 14.1 Å². The van der Waals surface area contributed by atoms with Crippen LogP contribution >= 0.6 is 0 Å². The summed E-state index contributed by atoms with van der Waals surface area (Å²) in [6, 6.07) is 59.1. The Balaban J connectivity index is 1.21. The third-order valence-corrected chi connectivity index (χ3v) is 10.3. The molecular formula is C47H33N3. The lowest BCUT2D eigenvalue weighted by atomic mass is 9.81. The number of nitrogens with zero attached hydrogens (tertiary/aromatic N) is 3. The van der Waals surface area contributed by atoms with Crippen molar-refractivity contribution in [3.8, 4) is 11.4 Å². The van der Waals surface area contributed by atoms with Gasteiger partial charge in [-0.2, -0.15) is 0 Å². The van der Waals surface area contributed by atoms with Gasteiger partial charge in [-0.05, 0) is 82.8 Å². The maximum Gasteiger partial charge on any atom is 0.145 e. The van der Waals surface area contributed by atoms with E-state index in [-0.39, 0.29) is 5.92 Å². The van der Waals surface area contributed by atoms with Gasteiger partial charge in [-0.3, -0.25) is 4.57 Å². The van der Waals surface area contributed by atoms with E-state index in [9.17, 15) is 0 Å². The van der Waals surface area contributed by atoms with Gasteiger partial charge in [0, 0.05) is 45.0 Å². The molecule has 3 nitrogen and oxygen atoms in total. The molecular weight excluding hydrogens is 607 g/mol. The molecule has 1 unspecified atom stereocenters. The molecule has 1 atom stereocenters. The Morgan fingerprint density at radius 1 is 0.520 bits per heavy atom. The summed E-state index contributed by atoms with van der Waals surface area (Å²) < 4.78 is 4.79. The molecule has 9 aromatic rings. The summed E-state index contributed by atoms with van der Waals surface area (Å²) >= 11 is 0. The highest BCUT2D eigenvalue weighted by atomic mass is 15.1. The minimum atomic E-state index is 0.225. The van der Waals surface area contributed by atoms with Crippen LogP contribution in [0.5, 0.6) is 0 Å². The molecule has 0 amide bonds. The van der Waals surface area contributed by atoms with Crippen molar-refractivity contribution >= 4 is 54.9 Å². The van der Waals surface area contributed by atoms with Crippen molar-refractivity contribution < 1.29 is 0 Å². The summed E-state index contributed by atoms with van der Waals surface area (Å²) in [6.07, 6.45) is 7.68. The molecule has 1 aliphatic rings. The van der Waals surface area contributed by atoms with Crippen LogP contribution in [0.1, 0.15) is 29.0 Å². The average molecular weight is 640 g/mol. The van der Waals surface area contributed by atoms with Gasteiger partial charge in [0.2, 0.25) is 0 Å². The fraction of sp³-hybridized carbons (Fsp3) is 0.0426. The lowest BCUT2D eigenvalue weighted by molar-refractivity contribution is 0.868. The molecule has 10 rings (SSSR count). The van der Waals surface area contributed by atoms with Crippen molar-refractivity contribution in [2.45, 2.75) is 12.3 Å². The predicted molar refractivity (Wildman–Crippen MR) is 209 cm³/mol. The third kappa shape index (κ3) is 4.55. The minimum absolute atomic E-state index is 0.225. The van der Waals surface area contributed by atoms with Crippen LogP contribution in [0.25, 0.3) is 66.3 Å². The van der Waals surface area contributed by atoms with Crippen molar-refractivity contribution in [3.05, 3.63) is 199 Å². The number of aromatic nitrogens is 3. The first-order valence-electron chi connectivity index (χ1n) is 17.3. The van der Waals surface area contributed by atoms with Crippen LogP contribution in [0.15, 0.2) is 182 Å². The Morgan fingerprint density at radius 2 is 1.22 bits per heavy atom. The van der Waals surface area contributed by atoms with E-state index < -0.39 is 0 Å². The monoisotopic (exact) mass is 639 g/mol. The molecule has 3 heteroatoms. The van der Waals surface area contributed by atoms with E-state index in [1.807, 2.05) is 6.20 Å². The molecule has 0 bridgehead atoms. The molecule has 0 saturated carbocycles. The number of pyridine rings is 1. The normalized spacial score (nSPS) is 14.8. The van der Waals surface area contributed by atoms with E-state index in [0.29, 0.717) is 0 Å². The number of hydrogen-bond acceptors (Lipinski definition) is 1. The fourth-order valence-corrected chi connectivity index (χ4v) is 8.07. The summed E-state index contributed by atoms with van der Waals surface area (Å²) in [7, 11) is 0. The van der Waals surface area contributed by atoms with Crippen LogP contribution in [0.3, 0.4) is 0 Å². The van der Waals surface area contributed by atoms with E-state index in [4.69, 9.17) is 4.98 Å². The van der Waals surface area contributed by atoms with Gasteiger partial charge in [-0.1, -0.05) is 127 Å². The number of para-hydroxylation sites is 2. The Hall–Kier alpha value is -6.45. The minimum Gasteiger partial charge on any atom is -0.309 e. The summed E-state index contributed by atoms with van der Waals surface area (Å²) in [6.45, 7) is 0. The lowest BCUT2D eigenvalue weighted by Crippen LogP contribution is -2.05. The number of benzene rings is 6. The highest BCUT2D eigenvalue weighted by Crippen LogP contribution is 2.43. The smallest absolute Gasteiger partial charge is 0.145 e. The zero-order valence-corrected chi connectivity index (χ0v) is 27.4. The first-order chi connectivity index (χ1) is 24.8. The molecule has 0 spiro atoms. The summed E-state index contributed by atoms with van der Waals surface area (Å²) in [5.74, 6) is 0.225. The fourth-order valence-electron chi connectivity index (χ4n) is 8.07. The van der Waals surface area contributed by atoms with Crippen LogP contribution in [-0.2, 0) is 0 Å². The van der Waals surface area contributed by atoms with Gasteiger partial charge in [0.25, 0.3) is 0 Å². The van der Waals surface area contributed by atoms with Gasteiger partial charge >= 0.3 is 0 Å². The van der Waals surface area contributed by atoms with E-state index in [0.717, 1.165) is 34.3 Å². The summed E-state index contributed by atoms with van der Waals surface area (Å²) in [4.78, 5) is 4.94. The predicted octanol–water partition coefficient (Wildman–Crippen LogP) is 11.9. The average Bonchev–Trinajstić information content (AvgIpc) is 3.72. The van der Waals surface area contributed by atoms with Crippen molar-refractivity contribution in [1.29, 1.82) is 0 Å². The molecule has 0 fully saturated rings. The van der Waals surface area contributed by atoms with Crippen molar-refractivity contribution in [2.24, 2.45) is 0 Å². The van der Waals surface area contributed by atoms with E-state index in [2.05, 4.69) is 185 Å². The number of allylic oxidation sites excluding steroid dienone is 4. The standard InChI is InChI=1S/C47H33N3/c1-4-14-32(15-5-1)35-28-36(33-16-6-2-7-17-33)30-37(29-35)34-18-12-21-39(31-34)49-43-24-11-10-22-40(43)41-25-26-44-45(46(41)49)42-23-13-27-48-47(42)50(44)38-19-8-3-9-20-38/h1-29,31,37H,30H2. The van der Waals surface area contributed by atoms with E-state index in [1.54, 1.807) is 0 Å². The Labute approximate surface area is 290 Å². The quantitative estimate of drug-likeness (QED) is 0.184. The zero-order chi connectivity index (χ0) is 33.0. The van der Waals surface area contributed by atoms with Crippen LogP contribution in [0, 0.1) is 0 Å². The molecule has 1 aliphatic carbocycles. The highest BCUT2D eigenvalue weighted by molar-refractivity contribution is 6.25. The Morgan fingerprint density at radius 3 is 2.04 bits per heavy atom. The van der Waals surface area contributed by atoms with Crippen molar-refractivity contribution in [1.82, 2.24) is 14.1 Å². The summed E-state index contributed by atoms with van der Waals surface area (Å²) in [5, 5.41) is 4.86. The molecule has 0 aliphatic heterocycles. The zero-order valence-electron chi connectivity index (χ0n) is 27.4. The molecule has 3 heterocycles. The largest absolute Gasteiger partial charge is 0.309 e. The molecule has 0 saturated heterocycles. The first-order valence-corrected chi connectivity index (χ1v) is 17.3. The van der Waals surface area contributed by atoms with Crippen molar-refractivity contribution in [2.75, 3.05) is 0 Å². The Bertz CT molecular complexity index is 2770. The summed E-state index contributed by atoms with van der Waals surface area (Å²) in [5.41, 5.74) is 13.3. The van der Waals surface area contributed by atoms with Crippen LogP contribution in [0.4, 0.5) is 0 Å². The topological polar surface area (TPSA) is 22.8 Å². The highest BCUT2D eigenvalue weighted by Gasteiger charge is 2.23. The van der Waals surface area contributed by atoms with Gasteiger partial charge < -0.3 is 4.57 Å². The van der Waals surface area contributed by atoms with Crippen LogP contribution in [0.2, 0.25) is 0 Å². The van der Waals surface area contributed by atoms with Gasteiger partial charge in [0.1, 0.15) is 5.65 Å². The maximum atomic E-state index is 4.94. The number of hydrogen-bond donors (Lipinski definition) is 0. The lowest BCUT2D eigenvalue weighted by Gasteiger charge is -2.24. The molecule has 3 aromatic heterocycles. The first kappa shape index (κ1) is 28.6. The van der Waals surface area contributed by atoms with Gasteiger partial charge in [-0.25, -0.2) is 4.98 Å². The molecule has 0 N–H and O–H groups in total. The second kappa shape index (κ2) is 11.6. The van der Waals surface area contributed by atoms with Gasteiger partial charge in [0.05, 0.1) is 16.6 Å². The van der Waals surface area contributed by atoms with E-state index in [1.165, 1.54) is 55.0 Å². The van der Waals surface area contributed by atoms with Gasteiger partial charge in [-0.15, -0.1) is 0 Å². The second-order valence-corrected chi connectivity index (χ2v) is 13.2. The second-order valence-electron chi connectivity index (χ2n) is 13.2. The van der Waals surface area contributed by atoms with Crippen LogP contribution < -0.4 is 0 Å². The molecule has 236 valence electrons. The molecule has 6 aromatic carbocycles. The Kier molecular flexibility index (Phi) is 6.63. The SMILES string of the molecule is C1=C(c2ccccc2)C=C(c2ccccc2)CC1c1cccc(-n2c3ccccc3c3ccc4c(c5cccnc5n4-c4ccccc4)c32)c1. The number of fused-ring (bicyclic) bond motifs is 7. The molecule has 0 radical (unpaired) electrons. The van der Waals surface area contributed by atoms with Gasteiger partial charge in [0.15, 0.2) is 0 Å². The third-order valence-electron chi connectivity index (χ3n) is 10.3.